The molecule has 5 rings (SSSR count). The lowest BCUT2D eigenvalue weighted by molar-refractivity contribution is -0.153. The van der Waals surface area contributed by atoms with Crippen LogP contribution in [0.4, 0.5) is 36.4 Å². The van der Waals surface area contributed by atoms with Crippen molar-refractivity contribution in [3.63, 3.8) is 0 Å². The van der Waals surface area contributed by atoms with Gasteiger partial charge in [0.05, 0.1) is 37.5 Å². The fourth-order valence-electron chi connectivity index (χ4n) is 5.39. The van der Waals surface area contributed by atoms with E-state index in [1.165, 1.54) is 25.3 Å². The quantitative estimate of drug-likeness (QED) is 0.277. The highest BCUT2D eigenvalue weighted by Gasteiger charge is 2.36. The first-order chi connectivity index (χ1) is 21.1. The Kier molecular flexibility index (Phi) is 8.72. The van der Waals surface area contributed by atoms with Gasteiger partial charge in [0.25, 0.3) is 5.56 Å². The normalized spacial score (nSPS) is 15.5. The smallest absolute Gasteiger partial charge is 0.449 e. The summed E-state index contributed by atoms with van der Waals surface area (Å²) in [5.41, 5.74) is 2.43. The summed E-state index contributed by atoms with van der Waals surface area (Å²) in [4.78, 5) is 30.9. The Morgan fingerprint density at radius 1 is 0.889 bits per heavy atom. The van der Waals surface area contributed by atoms with E-state index in [1.54, 1.807) is 15.9 Å². The summed E-state index contributed by atoms with van der Waals surface area (Å²) in [6.45, 7) is 1.15. The number of aromatic nitrogens is 2. The number of halogens is 7. The average molecular weight is 644 g/mol. The van der Waals surface area contributed by atoms with Gasteiger partial charge in [0.2, 0.25) is 5.76 Å². The SMILES string of the molecule is Cc1c(N2CCN(Cc3ccc(C(F)(F)F)o3)CC2)c(=O)n(CC(N)c2ccco2)c(=O)n1Cc1c(F)cccc1C(F)(F)F. The Hall–Kier alpha value is -4.31. The van der Waals surface area contributed by atoms with Crippen molar-refractivity contribution in [3.05, 3.63) is 109 Å². The molecule has 1 aliphatic rings. The standard InChI is InChI=1S/C29H28F7N5O4/c1-17-25(39-11-9-38(10-12-39)14-18-7-8-24(45-18)29(34,35)36)26(42)41(16-22(37)23-6-3-13-44-23)27(43)40(17)15-19-20(28(31,32)33)4-2-5-21(19)30/h2-8,13,22H,9-12,14-16,37H2,1H3. The molecule has 0 aliphatic carbocycles. The summed E-state index contributed by atoms with van der Waals surface area (Å²) in [7, 11) is 0. The van der Waals surface area contributed by atoms with E-state index in [4.69, 9.17) is 14.6 Å². The maximum absolute atomic E-state index is 14.8. The van der Waals surface area contributed by atoms with Crippen LogP contribution in [0.1, 0.15) is 40.1 Å². The van der Waals surface area contributed by atoms with Gasteiger partial charge in [0.1, 0.15) is 23.0 Å². The molecule has 9 nitrogen and oxygen atoms in total. The number of hydrogen-bond donors (Lipinski definition) is 1. The first kappa shape index (κ1) is 32.1. The highest BCUT2D eigenvalue weighted by molar-refractivity contribution is 5.50. The topological polar surface area (TPSA) is 103 Å². The maximum Gasteiger partial charge on any atom is 0.449 e. The molecule has 2 N–H and O–H groups in total. The zero-order chi connectivity index (χ0) is 32.7. The minimum absolute atomic E-state index is 0.00292. The second-order valence-corrected chi connectivity index (χ2v) is 10.6. The molecule has 45 heavy (non-hydrogen) atoms. The molecule has 0 bridgehead atoms. The lowest BCUT2D eigenvalue weighted by atomic mass is 10.1. The molecule has 1 atom stereocenters. The minimum Gasteiger partial charge on any atom is -0.468 e. The summed E-state index contributed by atoms with van der Waals surface area (Å²) in [6, 6.07) is 6.66. The molecule has 1 aromatic carbocycles. The summed E-state index contributed by atoms with van der Waals surface area (Å²) >= 11 is 0. The third-order valence-corrected chi connectivity index (χ3v) is 7.69. The number of piperazine rings is 1. The number of nitrogens with zero attached hydrogens (tertiary/aromatic N) is 4. The van der Waals surface area contributed by atoms with E-state index in [9.17, 15) is 40.3 Å². The van der Waals surface area contributed by atoms with Crippen molar-refractivity contribution in [2.45, 2.75) is 45.0 Å². The Morgan fingerprint density at radius 3 is 2.20 bits per heavy atom. The van der Waals surface area contributed by atoms with Gasteiger partial charge in [-0.2, -0.15) is 26.3 Å². The highest BCUT2D eigenvalue weighted by atomic mass is 19.4. The van der Waals surface area contributed by atoms with Gasteiger partial charge in [-0.25, -0.2) is 9.18 Å². The molecule has 1 fully saturated rings. The molecule has 1 aliphatic heterocycles. The van der Waals surface area contributed by atoms with Crippen molar-refractivity contribution in [2.24, 2.45) is 5.73 Å². The van der Waals surface area contributed by atoms with Crippen LogP contribution >= 0.6 is 0 Å². The first-order valence-corrected chi connectivity index (χ1v) is 13.8. The van der Waals surface area contributed by atoms with Gasteiger partial charge in [-0.05, 0) is 43.3 Å². The fourth-order valence-corrected chi connectivity index (χ4v) is 5.39. The van der Waals surface area contributed by atoms with Gasteiger partial charge in [-0.1, -0.05) is 6.07 Å². The van der Waals surface area contributed by atoms with Crippen molar-refractivity contribution in [2.75, 3.05) is 31.1 Å². The van der Waals surface area contributed by atoms with Crippen LogP contribution in [-0.4, -0.2) is 40.2 Å². The molecule has 16 heteroatoms. The van der Waals surface area contributed by atoms with Crippen molar-refractivity contribution in [1.82, 2.24) is 14.0 Å². The zero-order valence-electron chi connectivity index (χ0n) is 23.8. The number of rotatable bonds is 8. The summed E-state index contributed by atoms with van der Waals surface area (Å²) in [6.07, 6.45) is -8.20. The lowest BCUT2D eigenvalue weighted by Crippen LogP contribution is -2.51. The van der Waals surface area contributed by atoms with Crippen molar-refractivity contribution < 1.29 is 39.6 Å². The van der Waals surface area contributed by atoms with E-state index in [0.717, 1.165) is 27.3 Å². The number of hydrogen-bond acceptors (Lipinski definition) is 7. The summed E-state index contributed by atoms with van der Waals surface area (Å²) in [5, 5.41) is 0. The molecule has 0 saturated carbocycles. The van der Waals surface area contributed by atoms with Crippen LogP contribution in [0.15, 0.2) is 67.2 Å². The lowest BCUT2D eigenvalue weighted by Gasteiger charge is -2.36. The van der Waals surface area contributed by atoms with Crippen LogP contribution in [0.5, 0.6) is 0 Å². The van der Waals surface area contributed by atoms with Gasteiger partial charge in [-0.15, -0.1) is 0 Å². The molecular weight excluding hydrogens is 615 g/mol. The van der Waals surface area contributed by atoms with E-state index in [1.807, 2.05) is 0 Å². The fraction of sp³-hybridized carbons (Fsp3) is 0.379. The molecule has 0 amide bonds. The van der Waals surface area contributed by atoms with Crippen LogP contribution in [0, 0.1) is 12.7 Å². The van der Waals surface area contributed by atoms with Crippen molar-refractivity contribution >= 4 is 5.69 Å². The molecule has 0 spiro atoms. The second kappa shape index (κ2) is 12.2. The molecule has 4 heterocycles. The highest BCUT2D eigenvalue weighted by Crippen LogP contribution is 2.34. The molecule has 1 saturated heterocycles. The van der Waals surface area contributed by atoms with Crippen LogP contribution in [0.25, 0.3) is 0 Å². The molecule has 0 radical (unpaired) electrons. The van der Waals surface area contributed by atoms with Crippen LogP contribution in [0.3, 0.4) is 0 Å². The molecule has 242 valence electrons. The van der Waals surface area contributed by atoms with Crippen molar-refractivity contribution in [1.29, 1.82) is 0 Å². The van der Waals surface area contributed by atoms with Crippen LogP contribution < -0.4 is 21.9 Å². The van der Waals surface area contributed by atoms with Gasteiger partial charge >= 0.3 is 18.0 Å². The van der Waals surface area contributed by atoms with Gasteiger partial charge in [0, 0.05) is 37.4 Å². The number of anilines is 1. The van der Waals surface area contributed by atoms with E-state index in [0.29, 0.717) is 6.07 Å². The average Bonchev–Trinajstić information content (AvgIpc) is 3.67. The van der Waals surface area contributed by atoms with E-state index in [2.05, 4.69) is 0 Å². The Bertz CT molecular complexity index is 1770. The van der Waals surface area contributed by atoms with Gasteiger partial charge < -0.3 is 19.5 Å². The number of furan rings is 2. The predicted molar refractivity (Wildman–Crippen MR) is 147 cm³/mol. The van der Waals surface area contributed by atoms with Crippen LogP contribution in [0.2, 0.25) is 0 Å². The number of alkyl halides is 6. The molecule has 4 aromatic rings. The third-order valence-electron chi connectivity index (χ3n) is 7.69. The molecule has 1 unspecified atom stereocenters. The Labute approximate surface area is 250 Å². The summed E-state index contributed by atoms with van der Waals surface area (Å²) < 4.78 is 107. The predicted octanol–water partition coefficient (Wildman–Crippen LogP) is 4.75. The van der Waals surface area contributed by atoms with Crippen LogP contribution in [-0.2, 0) is 32.0 Å². The minimum atomic E-state index is -4.92. The van der Waals surface area contributed by atoms with Crippen molar-refractivity contribution in [3.8, 4) is 0 Å². The van der Waals surface area contributed by atoms with E-state index < -0.39 is 58.9 Å². The Morgan fingerprint density at radius 2 is 1.60 bits per heavy atom. The monoisotopic (exact) mass is 643 g/mol. The number of nitrogens with two attached hydrogens (primary N) is 1. The zero-order valence-corrected chi connectivity index (χ0v) is 23.8. The third kappa shape index (κ3) is 6.71. The van der Waals surface area contributed by atoms with Gasteiger partial charge in [0.15, 0.2) is 0 Å². The second-order valence-electron chi connectivity index (χ2n) is 10.6. The maximum atomic E-state index is 14.8. The summed E-state index contributed by atoms with van der Waals surface area (Å²) in [5.74, 6) is -1.95. The van der Waals surface area contributed by atoms with E-state index in [-0.39, 0.29) is 62.2 Å². The van der Waals surface area contributed by atoms with E-state index >= 15 is 0 Å². The molecular formula is C29H28F7N5O4. The van der Waals surface area contributed by atoms with Gasteiger partial charge in [-0.3, -0.25) is 18.8 Å². The Balaban J connectivity index is 1.50. The number of benzene rings is 1. The molecule has 3 aromatic heterocycles. The first-order valence-electron chi connectivity index (χ1n) is 13.8. The largest absolute Gasteiger partial charge is 0.468 e.